The molecule has 21 heavy (non-hydrogen) atoms. The van der Waals surface area contributed by atoms with Gasteiger partial charge in [-0.3, -0.25) is 14.5 Å². The predicted octanol–water partition coefficient (Wildman–Crippen LogP) is 3.09. The number of benzene rings is 1. The van der Waals surface area contributed by atoms with Gasteiger partial charge in [-0.15, -0.1) is 0 Å². The van der Waals surface area contributed by atoms with Gasteiger partial charge in [-0.25, -0.2) is 9.69 Å². The Morgan fingerprint density at radius 2 is 1.71 bits per heavy atom. The van der Waals surface area contributed by atoms with Crippen LogP contribution in [-0.4, -0.2) is 29.3 Å². The molecule has 1 aliphatic heterocycles. The van der Waals surface area contributed by atoms with Crippen LogP contribution >= 0.6 is 23.2 Å². The minimum atomic E-state index is -0.629. The van der Waals surface area contributed by atoms with Crippen LogP contribution < -0.4 is 4.90 Å². The first-order chi connectivity index (χ1) is 9.97. The first-order valence-corrected chi connectivity index (χ1v) is 7.37. The average Bonchev–Trinajstić information content (AvgIpc) is 2.61. The Hall–Kier alpha value is -1.59. The smallest absolute Gasteiger partial charge is 0.274 e. The molecule has 1 aliphatic carbocycles. The molecule has 0 N–H and O–H groups in total. The topological polar surface area (TPSA) is 57.7 Å². The molecule has 0 spiro atoms. The van der Waals surface area contributed by atoms with Gasteiger partial charge in [0.1, 0.15) is 6.54 Å². The summed E-state index contributed by atoms with van der Waals surface area (Å²) in [6.45, 7) is -0.224. The Bertz CT molecular complexity index is 623. The van der Waals surface area contributed by atoms with E-state index in [0.717, 1.165) is 29.1 Å². The standard InChI is InChI=1S/C14H12Cl2N2O3/c15-9-4-10(16)6-11(5-9)18-12(19)7-17(14(18)21)13(20)8-2-1-3-8/h4-6,8H,1-3,7H2. The predicted molar refractivity (Wildman–Crippen MR) is 78.4 cm³/mol. The van der Waals surface area contributed by atoms with E-state index in [0.29, 0.717) is 10.0 Å². The number of hydrogen-bond donors (Lipinski definition) is 0. The summed E-state index contributed by atoms with van der Waals surface area (Å²) in [5.74, 6) is -0.856. The molecule has 1 aromatic carbocycles. The fraction of sp³-hybridized carbons (Fsp3) is 0.357. The van der Waals surface area contributed by atoms with Gasteiger partial charge in [0.15, 0.2) is 0 Å². The van der Waals surface area contributed by atoms with Crippen LogP contribution in [0.2, 0.25) is 10.0 Å². The molecule has 3 rings (SSSR count). The van der Waals surface area contributed by atoms with Crippen molar-refractivity contribution in [1.29, 1.82) is 0 Å². The van der Waals surface area contributed by atoms with Crippen molar-refractivity contribution in [2.45, 2.75) is 19.3 Å². The lowest BCUT2D eigenvalue weighted by molar-refractivity contribution is -0.135. The quantitative estimate of drug-likeness (QED) is 0.785. The van der Waals surface area contributed by atoms with Crippen LogP contribution in [-0.2, 0) is 9.59 Å². The zero-order valence-electron chi connectivity index (χ0n) is 11.0. The Morgan fingerprint density at radius 3 is 2.24 bits per heavy atom. The summed E-state index contributed by atoms with van der Waals surface area (Å²) >= 11 is 11.8. The number of nitrogens with zero attached hydrogens (tertiary/aromatic N) is 2. The molecule has 1 aromatic rings. The molecule has 5 nitrogen and oxygen atoms in total. The van der Waals surface area contributed by atoms with Gasteiger partial charge in [0.05, 0.1) is 5.69 Å². The maximum Gasteiger partial charge on any atom is 0.338 e. The van der Waals surface area contributed by atoms with E-state index < -0.39 is 11.9 Å². The van der Waals surface area contributed by atoms with Gasteiger partial charge in [-0.2, -0.15) is 0 Å². The number of anilines is 1. The second-order valence-corrected chi connectivity index (χ2v) is 6.06. The summed E-state index contributed by atoms with van der Waals surface area (Å²) in [4.78, 5) is 38.6. The number of imide groups is 2. The molecule has 0 bridgehead atoms. The third kappa shape index (κ3) is 2.51. The Labute approximate surface area is 131 Å². The fourth-order valence-corrected chi connectivity index (χ4v) is 2.99. The maximum atomic E-state index is 12.3. The maximum absolute atomic E-state index is 12.3. The molecule has 1 heterocycles. The van der Waals surface area contributed by atoms with E-state index in [1.807, 2.05) is 0 Å². The summed E-state index contributed by atoms with van der Waals surface area (Å²) in [6, 6.07) is 3.82. The minimum Gasteiger partial charge on any atom is -0.274 e. The molecule has 1 saturated heterocycles. The first-order valence-electron chi connectivity index (χ1n) is 6.62. The highest BCUT2D eigenvalue weighted by Gasteiger charge is 2.43. The third-order valence-electron chi connectivity index (χ3n) is 3.79. The summed E-state index contributed by atoms with van der Waals surface area (Å²) in [7, 11) is 0. The number of amides is 4. The largest absolute Gasteiger partial charge is 0.338 e. The second-order valence-electron chi connectivity index (χ2n) is 5.19. The van der Waals surface area contributed by atoms with E-state index in [1.165, 1.54) is 18.2 Å². The number of carbonyl (C=O) groups is 3. The summed E-state index contributed by atoms with van der Waals surface area (Å²) in [5.41, 5.74) is 0.284. The highest BCUT2D eigenvalue weighted by Crippen LogP contribution is 2.32. The Morgan fingerprint density at radius 1 is 1.10 bits per heavy atom. The van der Waals surface area contributed by atoms with Crippen molar-refractivity contribution < 1.29 is 14.4 Å². The van der Waals surface area contributed by atoms with Crippen molar-refractivity contribution in [3.63, 3.8) is 0 Å². The van der Waals surface area contributed by atoms with Crippen molar-refractivity contribution in [2.75, 3.05) is 11.4 Å². The van der Waals surface area contributed by atoms with Crippen molar-refractivity contribution in [3.05, 3.63) is 28.2 Å². The molecule has 0 unspecified atom stereocenters. The van der Waals surface area contributed by atoms with Gasteiger partial charge >= 0.3 is 6.03 Å². The van der Waals surface area contributed by atoms with Crippen LogP contribution in [0.15, 0.2) is 18.2 Å². The van der Waals surface area contributed by atoms with Gasteiger partial charge in [-0.05, 0) is 31.0 Å². The monoisotopic (exact) mass is 326 g/mol. The van der Waals surface area contributed by atoms with E-state index in [4.69, 9.17) is 23.2 Å². The zero-order chi connectivity index (χ0) is 15.1. The molecule has 110 valence electrons. The summed E-state index contributed by atoms with van der Waals surface area (Å²) in [5, 5.41) is 0.642. The van der Waals surface area contributed by atoms with Crippen LogP contribution in [0.5, 0.6) is 0 Å². The van der Waals surface area contributed by atoms with Crippen LogP contribution in [0.1, 0.15) is 19.3 Å². The van der Waals surface area contributed by atoms with Crippen molar-refractivity contribution in [2.24, 2.45) is 5.92 Å². The van der Waals surface area contributed by atoms with Crippen molar-refractivity contribution in [1.82, 2.24) is 4.90 Å². The Balaban J connectivity index is 1.88. The molecule has 1 saturated carbocycles. The second kappa shape index (κ2) is 5.31. The highest BCUT2D eigenvalue weighted by atomic mass is 35.5. The normalized spacial score (nSPS) is 19.1. The van der Waals surface area contributed by atoms with E-state index in [1.54, 1.807) is 0 Å². The van der Waals surface area contributed by atoms with Crippen LogP contribution in [0.3, 0.4) is 0 Å². The van der Waals surface area contributed by atoms with Gasteiger partial charge in [0.2, 0.25) is 5.91 Å². The lowest BCUT2D eigenvalue weighted by Gasteiger charge is -2.27. The number of urea groups is 1. The van der Waals surface area contributed by atoms with Crippen molar-refractivity contribution >= 4 is 46.7 Å². The SMILES string of the molecule is O=C(C1CCC1)N1CC(=O)N(c2cc(Cl)cc(Cl)c2)C1=O. The van der Waals surface area contributed by atoms with E-state index in [2.05, 4.69) is 0 Å². The Kier molecular flexibility index (Phi) is 3.63. The number of rotatable bonds is 2. The van der Waals surface area contributed by atoms with Crippen LogP contribution in [0.4, 0.5) is 10.5 Å². The van der Waals surface area contributed by atoms with E-state index >= 15 is 0 Å². The highest BCUT2D eigenvalue weighted by molar-refractivity contribution is 6.35. The lowest BCUT2D eigenvalue weighted by Crippen LogP contribution is -2.41. The molecule has 0 aromatic heterocycles. The average molecular weight is 327 g/mol. The van der Waals surface area contributed by atoms with Crippen molar-refractivity contribution in [3.8, 4) is 0 Å². The molecule has 2 aliphatic rings. The summed E-state index contributed by atoms with van der Waals surface area (Å²) < 4.78 is 0. The third-order valence-corrected chi connectivity index (χ3v) is 4.23. The number of halogens is 2. The lowest BCUT2D eigenvalue weighted by atomic mass is 9.84. The fourth-order valence-electron chi connectivity index (χ4n) is 2.47. The molecular formula is C14H12Cl2N2O3. The van der Waals surface area contributed by atoms with Gasteiger partial charge in [-0.1, -0.05) is 29.6 Å². The molecular weight excluding hydrogens is 315 g/mol. The molecule has 0 atom stereocenters. The molecule has 2 fully saturated rings. The molecule has 0 radical (unpaired) electrons. The number of hydrogen-bond acceptors (Lipinski definition) is 3. The molecule has 4 amide bonds. The minimum absolute atomic E-state index is 0.135. The van der Waals surface area contributed by atoms with Gasteiger partial charge < -0.3 is 0 Å². The number of carbonyl (C=O) groups excluding carboxylic acids is 3. The van der Waals surface area contributed by atoms with E-state index in [-0.39, 0.29) is 24.1 Å². The van der Waals surface area contributed by atoms with E-state index in [9.17, 15) is 14.4 Å². The summed E-state index contributed by atoms with van der Waals surface area (Å²) in [6.07, 6.45) is 2.54. The van der Waals surface area contributed by atoms with Gasteiger partial charge in [0.25, 0.3) is 5.91 Å². The zero-order valence-corrected chi connectivity index (χ0v) is 12.5. The van der Waals surface area contributed by atoms with Gasteiger partial charge in [0, 0.05) is 16.0 Å². The molecule has 7 heteroatoms. The van der Waals surface area contributed by atoms with Crippen LogP contribution in [0.25, 0.3) is 0 Å². The first kappa shape index (κ1) is 14.4. The van der Waals surface area contributed by atoms with Crippen LogP contribution in [0, 0.1) is 5.92 Å².